The molecule has 1 aliphatic carbocycles. The number of carbonyl (C=O) groups excluding carboxylic acids is 3. The first-order valence-electron chi connectivity index (χ1n) is 11.9. The number of Topliss-reactive ketones (excluding diaryl/α,β-unsaturated/α-hetero) is 3. The zero-order valence-corrected chi connectivity index (χ0v) is 19.5. The first-order chi connectivity index (χ1) is 16.6. The molecule has 0 radical (unpaired) electrons. The molecule has 1 aliphatic rings. The van der Waals surface area contributed by atoms with Gasteiger partial charge in [-0.1, -0.05) is 99.0 Å². The number of unbranched alkanes of at least 4 members (excludes halogenated alkanes) is 3. The Morgan fingerprint density at radius 2 is 1.29 bits per heavy atom. The minimum Gasteiger partial charge on any atom is -0.364 e. The standard InChI is InChI=1S/C30H29NO3/c1-2-3-4-13-20-31(23-16-9-6-10-17-23)21-26(32)28-27(22-14-7-5-8-15-22)29(33)24-18-11-12-19-25(24)30(28)34/h5-12,14-19H,2-4,13,20-21H2,1H3. The largest absolute Gasteiger partial charge is 0.364 e. The second kappa shape index (κ2) is 10.9. The third-order valence-corrected chi connectivity index (χ3v) is 6.20. The van der Waals surface area contributed by atoms with Crippen LogP contribution in [-0.2, 0) is 4.79 Å². The van der Waals surface area contributed by atoms with Crippen molar-refractivity contribution in [2.24, 2.45) is 0 Å². The van der Waals surface area contributed by atoms with Gasteiger partial charge in [0, 0.05) is 28.9 Å². The number of hydrogen-bond donors (Lipinski definition) is 0. The van der Waals surface area contributed by atoms with Crippen LogP contribution in [0.3, 0.4) is 0 Å². The van der Waals surface area contributed by atoms with Gasteiger partial charge in [0.1, 0.15) is 0 Å². The maximum absolute atomic E-state index is 13.7. The quantitative estimate of drug-likeness (QED) is 0.273. The highest BCUT2D eigenvalue weighted by molar-refractivity contribution is 6.47. The second-order valence-electron chi connectivity index (χ2n) is 8.56. The molecule has 4 heteroatoms. The van der Waals surface area contributed by atoms with Crippen LogP contribution in [0.4, 0.5) is 5.69 Å². The lowest BCUT2D eigenvalue weighted by molar-refractivity contribution is -0.114. The van der Waals surface area contributed by atoms with Gasteiger partial charge in [-0.05, 0) is 24.1 Å². The third-order valence-electron chi connectivity index (χ3n) is 6.20. The van der Waals surface area contributed by atoms with Crippen LogP contribution in [0.15, 0.2) is 90.5 Å². The van der Waals surface area contributed by atoms with Gasteiger partial charge in [-0.15, -0.1) is 0 Å². The fourth-order valence-corrected chi connectivity index (χ4v) is 4.44. The molecule has 0 amide bonds. The van der Waals surface area contributed by atoms with E-state index in [0.29, 0.717) is 23.2 Å². The van der Waals surface area contributed by atoms with Crippen molar-refractivity contribution in [3.8, 4) is 0 Å². The Hall–Kier alpha value is -3.79. The van der Waals surface area contributed by atoms with E-state index in [1.807, 2.05) is 53.4 Å². The highest BCUT2D eigenvalue weighted by Gasteiger charge is 2.36. The van der Waals surface area contributed by atoms with Crippen molar-refractivity contribution in [3.63, 3.8) is 0 Å². The summed E-state index contributed by atoms with van der Waals surface area (Å²) < 4.78 is 0. The molecule has 4 rings (SSSR count). The monoisotopic (exact) mass is 451 g/mol. The molecule has 3 aromatic carbocycles. The van der Waals surface area contributed by atoms with E-state index >= 15 is 0 Å². The highest BCUT2D eigenvalue weighted by Crippen LogP contribution is 2.33. The van der Waals surface area contributed by atoms with Crippen molar-refractivity contribution in [2.75, 3.05) is 18.0 Å². The smallest absolute Gasteiger partial charge is 0.198 e. The summed E-state index contributed by atoms with van der Waals surface area (Å²) in [5, 5.41) is 0. The van der Waals surface area contributed by atoms with Crippen LogP contribution in [0, 0.1) is 0 Å². The maximum Gasteiger partial charge on any atom is 0.198 e. The fourth-order valence-electron chi connectivity index (χ4n) is 4.44. The van der Waals surface area contributed by atoms with Gasteiger partial charge in [0.25, 0.3) is 0 Å². The lowest BCUT2D eigenvalue weighted by atomic mass is 9.79. The van der Waals surface area contributed by atoms with Crippen LogP contribution in [0.25, 0.3) is 5.57 Å². The van der Waals surface area contributed by atoms with Crippen molar-refractivity contribution < 1.29 is 14.4 Å². The molecule has 0 aromatic heterocycles. The summed E-state index contributed by atoms with van der Waals surface area (Å²) in [6.07, 6.45) is 4.31. The average Bonchev–Trinajstić information content (AvgIpc) is 2.88. The SMILES string of the molecule is CCCCCCN(CC(=O)C1=C(c2ccccc2)C(=O)c2ccccc2C1=O)c1ccccc1. The molecule has 0 spiro atoms. The van der Waals surface area contributed by atoms with Gasteiger partial charge in [-0.3, -0.25) is 14.4 Å². The van der Waals surface area contributed by atoms with Gasteiger partial charge in [0.15, 0.2) is 17.3 Å². The number of anilines is 1. The maximum atomic E-state index is 13.7. The first-order valence-corrected chi connectivity index (χ1v) is 11.9. The van der Waals surface area contributed by atoms with Crippen molar-refractivity contribution in [1.82, 2.24) is 0 Å². The molecule has 0 aliphatic heterocycles. The molecular formula is C30H29NO3. The first kappa shape index (κ1) is 23.4. The molecule has 0 saturated carbocycles. The summed E-state index contributed by atoms with van der Waals surface area (Å²) in [6, 6.07) is 25.6. The minimum atomic E-state index is -0.377. The Balaban J connectivity index is 1.73. The topological polar surface area (TPSA) is 54.5 Å². The van der Waals surface area contributed by atoms with Crippen molar-refractivity contribution in [3.05, 3.63) is 107 Å². The molecule has 0 N–H and O–H groups in total. The Labute approximate surface area is 200 Å². The Morgan fingerprint density at radius 1 is 0.706 bits per heavy atom. The van der Waals surface area contributed by atoms with Crippen LogP contribution in [0.2, 0.25) is 0 Å². The second-order valence-corrected chi connectivity index (χ2v) is 8.56. The van der Waals surface area contributed by atoms with Gasteiger partial charge in [0.2, 0.25) is 0 Å². The number of fused-ring (bicyclic) bond motifs is 1. The van der Waals surface area contributed by atoms with Crippen LogP contribution in [-0.4, -0.2) is 30.4 Å². The molecule has 3 aromatic rings. The van der Waals surface area contributed by atoms with E-state index < -0.39 is 0 Å². The summed E-state index contributed by atoms with van der Waals surface area (Å²) >= 11 is 0. The summed E-state index contributed by atoms with van der Waals surface area (Å²) in [5.41, 5.74) is 2.36. The zero-order chi connectivity index (χ0) is 23.9. The normalized spacial score (nSPS) is 13.1. The molecule has 0 atom stereocenters. The molecule has 172 valence electrons. The molecular weight excluding hydrogens is 422 g/mol. The number of nitrogens with zero attached hydrogens (tertiary/aromatic N) is 1. The Morgan fingerprint density at radius 3 is 1.94 bits per heavy atom. The lowest BCUT2D eigenvalue weighted by Gasteiger charge is -2.26. The van der Waals surface area contributed by atoms with Crippen LogP contribution >= 0.6 is 0 Å². The molecule has 0 saturated heterocycles. The summed E-state index contributed by atoms with van der Waals surface area (Å²) in [4.78, 5) is 42.8. The van der Waals surface area contributed by atoms with Gasteiger partial charge in [-0.2, -0.15) is 0 Å². The molecule has 0 heterocycles. The molecule has 4 nitrogen and oxygen atoms in total. The van der Waals surface area contributed by atoms with Gasteiger partial charge in [0.05, 0.1) is 12.1 Å². The Kier molecular flexibility index (Phi) is 7.48. The molecule has 0 bridgehead atoms. The van der Waals surface area contributed by atoms with E-state index in [1.165, 1.54) is 0 Å². The number of rotatable bonds is 10. The number of para-hydroxylation sites is 1. The third kappa shape index (κ3) is 4.91. The predicted molar refractivity (Wildman–Crippen MR) is 136 cm³/mol. The molecule has 0 unspecified atom stereocenters. The van der Waals surface area contributed by atoms with Gasteiger partial charge in [-0.25, -0.2) is 0 Å². The highest BCUT2D eigenvalue weighted by atomic mass is 16.2. The molecule has 34 heavy (non-hydrogen) atoms. The Bertz CT molecular complexity index is 1210. The number of ketones is 3. The molecule has 0 fully saturated rings. The minimum absolute atomic E-state index is 0.00982. The van der Waals surface area contributed by atoms with Crippen molar-refractivity contribution >= 4 is 28.6 Å². The number of hydrogen-bond acceptors (Lipinski definition) is 4. The van der Waals surface area contributed by atoms with Crippen LogP contribution in [0.1, 0.15) is 58.9 Å². The van der Waals surface area contributed by atoms with Gasteiger partial charge < -0.3 is 4.90 Å². The lowest BCUT2D eigenvalue weighted by Crippen LogP contribution is -2.35. The number of allylic oxidation sites excluding steroid dienone is 1. The van der Waals surface area contributed by atoms with E-state index in [-0.39, 0.29) is 35.0 Å². The summed E-state index contributed by atoms with van der Waals surface area (Å²) in [5.74, 6) is -0.983. The van der Waals surface area contributed by atoms with E-state index in [2.05, 4.69) is 6.92 Å². The van der Waals surface area contributed by atoms with E-state index in [1.54, 1.807) is 36.4 Å². The van der Waals surface area contributed by atoms with Gasteiger partial charge >= 0.3 is 0 Å². The zero-order valence-electron chi connectivity index (χ0n) is 19.5. The van der Waals surface area contributed by atoms with Crippen molar-refractivity contribution in [2.45, 2.75) is 32.6 Å². The van der Waals surface area contributed by atoms with Crippen LogP contribution < -0.4 is 4.90 Å². The van der Waals surface area contributed by atoms with E-state index in [0.717, 1.165) is 31.4 Å². The summed E-state index contributed by atoms with van der Waals surface area (Å²) in [6.45, 7) is 2.92. The van der Waals surface area contributed by atoms with E-state index in [4.69, 9.17) is 0 Å². The fraction of sp³-hybridized carbons (Fsp3) is 0.233. The number of benzene rings is 3. The van der Waals surface area contributed by atoms with E-state index in [9.17, 15) is 14.4 Å². The number of carbonyl (C=O) groups is 3. The summed E-state index contributed by atoms with van der Waals surface area (Å²) in [7, 11) is 0. The van der Waals surface area contributed by atoms with Crippen LogP contribution in [0.5, 0.6) is 0 Å². The van der Waals surface area contributed by atoms with Crippen molar-refractivity contribution in [1.29, 1.82) is 0 Å². The average molecular weight is 452 g/mol. The predicted octanol–water partition coefficient (Wildman–Crippen LogP) is 6.18.